The molecule has 0 aromatic rings. The minimum absolute atomic E-state index is 0.176. The highest BCUT2D eigenvalue weighted by Gasteiger charge is 2.24. The molecule has 50 valence electrons. The molecule has 2 nitrogen and oxygen atoms in total. The number of ether oxygens (including phenoxy) is 1. The highest BCUT2D eigenvalue weighted by Crippen LogP contribution is 2.15. The van der Waals surface area contributed by atoms with Crippen LogP contribution in [0, 0.1) is 18.3 Å². The fraction of sp³-hybridized carbons (Fsp3) is 0.714. The van der Waals surface area contributed by atoms with E-state index in [2.05, 4.69) is 5.92 Å². The Morgan fingerprint density at radius 2 is 2.44 bits per heavy atom. The summed E-state index contributed by atoms with van der Waals surface area (Å²) in [7, 11) is 0. The number of aliphatic hydroxyl groups excluding tert-OH is 1. The number of hydrogen-bond acceptors (Lipinski definition) is 2. The lowest BCUT2D eigenvalue weighted by molar-refractivity contribution is 0.119. The summed E-state index contributed by atoms with van der Waals surface area (Å²) in [5, 5.41) is 9.10. The molecule has 0 bridgehead atoms. The molecule has 1 N–H and O–H groups in total. The number of aliphatic hydroxyl groups is 1. The lowest BCUT2D eigenvalue weighted by Gasteiger charge is -2.05. The van der Waals surface area contributed by atoms with Gasteiger partial charge in [0.25, 0.3) is 0 Å². The van der Waals surface area contributed by atoms with Gasteiger partial charge in [0.15, 0.2) is 0 Å². The fourth-order valence-electron chi connectivity index (χ4n) is 0.934. The monoisotopic (exact) mass is 126 g/mol. The van der Waals surface area contributed by atoms with Crippen LogP contribution in [0.5, 0.6) is 0 Å². The minimum atomic E-state index is -0.332. The Kier molecular flexibility index (Phi) is 2.10. The Hall–Kier alpha value is -0.520. The fourth-order valence-corrected chi connectivity index (χ4v) is 0.934. The summed E-state index contributed by atoms with van der Waals surface area (Å²) >= 11 is 0. The highest BCUT2D eigenvalue weighted by molar-refractivity contribution is 4.90. The van der Waals surface area contributed by atoms with Gasteiger partial charge in [-0.15, -0.1) is 12.3 Å². The van der Waals surface area contributed by atoms with E-state index in [1.54, 1.807) is 0 Å². The minimum Gasteiger partial charge on any atom is -0.390 e. The van der Waals surface area contributed by atoms with Crippen molar-refractivity contribution in [3.05, 3.63) is 0 Å². The Balaban J connectivity index is 2.33. The molecule has 9 heavy (non-hydrogen) atoms. The first-order valence-electron chi connectivity index (χ1n) is 3.04. The molecule has 0 aromatic heterocycles. The highest BCUT2D eigenvalue weighted by atomic mass is 16.5. The van der Waals surface area contributed by atoms with E-state index in [4.69, 9.17) is 16.3 Å². The van der Waals surface area contributed by atoms with E-state index in [9.17, 15) is 0 Å². The SMILES string of the molecule is C#CCC1COCC1O. The van der Waals surface area contributed by atoms with Gasteiger partial charge in [0.1, 0.15) is 0 Å². The van der Waals surface area contributed by atoms with Gasteiger partial charge in [-0.2, -0.15) is 0 Å². The molecule has 0 aliphatic carbocycles. The van der Waals surface area contributed by atoms with Crippen LogP contribution in [0.2, 0.25) is 0 Å². The zero-order valence-corrected chi connectivity index (χ0v) is 5.21. The van der Waals surface area contributed by atoms with Gasteiger partial charge in [0.05, 0.1) is 19.3 Å². The molecule has 1 saturated heterocycles. The molecule has 2 heteroatoms. The Bertz CT molecular complexity index is 125. The first kappa shape index (κ1) is 6.60. The zero-order chi connectivity index (χ0) is 6.69. The third-order valence-corrected chi connectivity index (χ3v) is 1.54. The van der Waals surface area contributed by atoms with Gasteiger partial charge in [-0.25, -0.2) is 0 Å². The lowest BCUT2D eigenvalue weighted by atomic mass is 10.0. The van der Waals surface area contributed by atoms with Crippen molar-refractivity contribution in [3.63, 3.8) is 0 Å². The van der Waals surface area contributed by atoms with Crippen LogP contribution in [-0.4, -0.2) is 24.4 Å². The first-order valence-corrected chi connectivity index (χ1v) is 3.04. The predicted molar refractivity (Wildman–Crippen MR) is 33.8 cm³/mol. The van der Waals surface area contributed by atoms with Crippen LogP contribution in [0.15, 0.2) is 0 Å². The van der Waals surface area contributed by atoms with Crippen molar-refractivity contribution < 1.29 is 9.84 Å². The normalized spacial score (nSPS) is 34.2. The number of hydrogen-bond donors (Lipinski definition) is 1. The molecule has 0 saturated carbocycles. The van der Waals surface area contributed by atoms with Gasteiger partial charge in [0.2, 0.25) is 0 Å². The summed E-state index contributed by atoms with van der Waals surface area (Å²) in [5.41, 5.74) is 0. The third-order valence-electron chi connectivity index (χ3n) is 1.54. The van der Waals surface area contributed by atoms with Crippen LogP contribution < -0.4 is 0 Å². The van der Waals surface area contributed by atoms with Crippen molar-refractivity contribution in [1.82, 2.24) is 0 Å². The second kappa shape index (κ2) is 2.86. The van der Waals surface area contributed by atoms with Gasteiger partial charge < -0.3 is 9.84 Å². The molecule has 0 aromatic carbocycles. The molecule has 1 fully saturated rings. The second-order valence-corrected chi connectivity index (χ2v) is 2.27. The van der Waals surface area contributed by atoms with E-state index in [1.807, 2.05) is 0 Å². The van der Waals surface area contributed by atoms with Crippen LogP contribution in [0.4, 0.5) is 0 Å². The first-order chi connectivity index (χ1) is 4.34. The van der Waals surface area contributed by atoms with Gasteiger partial charge in [-0.05, 0) is 0 Å². The van der Waals surface area contributed by atoms with Crippen molar-refractivity contribution in [3.8, 4) is 12.3 Å². The molecule has 2 unspecified atom stereocenters. The predicted octanol–water partition coefficient (Wildman–Crippen LogP) is 0.0170. The summed E-state index contributed by atoms with van der Waals surface area (Å²) in [4.78, 5) is 0. The molecule has 1 rings (SSSR count). The zero-order valence-electron chi connectivity index (χ0n) is 5.21. The number of terminal acetylenes is 1. The van der Waals surface area contributed by atoms with Crippen molar-refractivity contribution in [2.45, 2.75) is 12.5 Å². The van der Waals surface area contributed by atoms with E-state index >= 15 is 0 Å². The van der Waals surface area contributed by atoms with Gasteiger partial charge in [-0.1, -0.05) is 0 Å². The molecular formula is C7H10O2. The van der Waals surface area contributed by atoms with Crippen LogP contribution >= 0.6 is 0 Å². The van der Waals surface area contributed by atoms with E-state index in [1.165, 1.54) is 0 Å². The second-order valence-electron chi connectivity index (χ2n) is 2.27. The molecule has 0 radical (unpaired) electrons. The van der Waals surface area contributed by atoms with Crippen molar-refractivity contribution in [2.75, 3.05) is 13.2 Å². The molecule has 1 aliphatic heterocycles. The summed E-state index contributed by atoms with van der Waals surface area (Å²) < 4.78 is 4.98. The molecule has 2 atom stereocenters. The standard InChI is InChI=1S/C7H10O2/c1-2-3-6-4-9-5-7(6)8/h1,6-8H,3-5H2. The molecule has 1 heterocycles. The van der Waals surface area contributed by atoms with Crippen LogP contribution in [0.1, 0.15) is 6.42 Å². The van der Waals surface area contributed by atoms with Crippen LogP contribution in [0.3, 0.4) is 0 Å². The summed E-state index contributed by atoms with van der Waals surface area (Å²) in [5.74, 6) is 2.68. The molecule has 0 amide bonds. The van der Waals surface area contributed by atoms with E-state index in [-0.39, 0.29) is 12.0 Å². The van der Waals surface area contributed by atoms with Crippen molar-refractivity contribution in [1.29, 1.82) is 0 Å². The van der Waals surface area contributed by atoms with Crippen LogP contribution in [0.25, 0.3) is 0 Å². The Morgan fingerprint density at radius 1 is 1.67 bits per heavy atom. The molecular weight excluding hydrogens is 116 g/mol. The van der Waals surface area contributed by atoms with Gasteiger partial charge in [0, 0.05) is 12.3 Å². The molecule has 0 spiro atoms. The topological polar surface area (TPSA) is 29.5 Å². The van der Waals surface area contributed by atoms with E-state index in [0.29, 0.717) is 19.6 Å². The average molecular weight is 126 g/mol. The Morgan fingerprint density at radius 3 is 2.89 bits per heavy atom. The maximum Gasteiger partial charge on any atom is 0.0832 e. The summed E-state index contributed by atoms with van der Waals surface area (Å²) in [6.45, 7) is 1.07. The Labute approximate surface area is 54.8 Å². The van der Waals surface area contributed by atoms with Gasteiger partial charge >= 0.3 is 0 Å². The maximum atomic E-state index is 9.10. The quantitative estimate of drug-likeness (QED) is 0.502. The summed E-state index contributed by atoms with van der Waals surface area (Å²) in [6.07, 6.45) is 5.35. The number of rotatable bonds is 1. The van der Waals surface area contributed by atoms with E-state index < -0.39 is 0 Å². The smallest absolute Gasteiger partial charge is 0.0832 e. The van der Waals surface area contributed by atoms with Crippen LogP contribution in [-0.2, 0) is 4.74 Å². The molecule has 1 aliphatic rings. The van der Waals surface area contributed by atoms with Crippen molar-refractivity contribution in [2.24, 2.45) is 5.92 Å². The largest absolute Gasteiger partial charge is 0.390 e. The van der Waals surface area contributed by atoms with Crippen molar-refractivity contribution >= 4 is 0 Å². The summed E-state index contributed by atoms with van der Waals surface area (Å²) in [6, 6.07) is 0. The maximum absolute atomic E-state index is 9.10. The lowest BCUT2D eigenvalue weighted by Crippen LogP contribution is -2.16. The third kappa shape index (κ3) is 1.44. The van der Waals surface area contributed by atoms with Gasteiger partial charge in [-0.3, -0.25) is 0 Å². The van der Waals surface area contributed by atoms with E-state index in [0.717, 1.165) is 0 Å². The average Bonchev–Trinajstić information content (AvgIpc) is 2.18.